The molecule has 158 valence electrons. The van der Waals surface area contributed by atoms with E-state index in [1.54, 1.807) is 54.5 Å². The largest absolute Gasteiger partial charge is 0.495 e. The molecule has 0 aromatic heterocycles. The molecule has 2 aromatic rings. The average molecular weight is 410 g/mol. The molecule has 7 nitrogen and oxygen atoms in total. The molecule has 1 N–H and O–H groups in total. The SMILES string of the molecule is COc1ccc(NC(=O)c2ccc(OCC3CCCO3)cc2)cc1N1CCCC1=O. The van der Waals surface area contributed by atoms with Crippen molar-refractivity contribution in [2.45, 2.75) is 31.8 Å². The van der Waals surface area contributed by atoms with Crippen LogP contribution in [0, 0.1) is 0 Å². The zero-order chi connectivity index (χ0) is 20.9. The molecule has 0 bridgehead atoms. The first kappa shape index (κ1) is 20.2. The molecule has 1 atom stereocenters. The average Bonchev–Trinajstić information content (AvgIpc) is 3.44. The first-order valence-electron chi connectivity index (χ1n) is 10.3. The summed E-state index contributed by atoms with van der Waals surface area (Å²) < 4.78 is 16.7. The van der Waals surface area contributed by atoms with Gasteiger partial charge in [-0.3, -0.25) is 9.59 Å². The first-order valence-corrected chi connectivity index (χ1v) is 10.3. The van der Waals surface area contributed by atoms with Gasteiger partial charge < -0.3 is 24.4 Å². The molecule has 2 aliphatic rings. The Bertz CT molecular complexity index is 906. The number of amides is 2. The van der Waals surface area contributed by atoms with Crippen molar-refractivity contribution in [1.29, 1.82) is 0 Å². The van der Waals surface area contributed by atoms with Crippen molar-refractivity contribution in [3.63, 3.8) is 0 Å². The Morgan fingerprint density at radius 2 is 2.03 bits per heavy atom. The summed E-state index contributed by atoms with van der Waals surface area (Å²) >= 11 is 0. The maximum atomic E-state index is 12.7. The zero-order valence-corrected chi connectivity index (χ0v) is 17.1. The molecule has 2 fully saturated rings. The number of benzene rings is 2. The van der Waals surface area contributed by atoms with E-state index in [-0.39, 0.29) is 17.9 Å². The molecule has 2 heterocycles. The van der Waals surface area contributed by atoms with Crippen LogP contribution in [-0.4, -0.2) is 44.8 Å². The monoisotopic (exact) mass is 410 g/mol. The minimum atomic E-state index is -0.232. The third-order valence-corrected chi connectivity index (χ3v) is 5.38. The van der Waals surface area contributed by atoms with Crippen LogP contribution in [0.5, 0.6) is 11.5 Å². The molecule has 7 heteroatoms. The number of nitrogens with zero attached hydrogens (tertiary/aromatic N) is 1. The van der Waals surface area contributed by atoms with Crippen LogP contribution in [-0.2, 0) is 9.53 Å². The number of carbonyl (C=O) groups is 2. The number of hydrogen-bond donors (Lipinski definition) is 1. The van der Waals surface area contributed by atoms with Crippen molar-refractivity contribution in [1.82, 2.24) is 0 Å². The van der Waals surface area contributed by atoms with Crippen LogP contribution < -0.4 is 19.7 Å². The van der Waals surface area contributed by atoms with E-state index in [0.717, 1.165) is 25.9 Å². The lowest BCUT2D eigenvalue weighted by Crippen LogP contribution is -2.24. The number of nitrogens with one attached hydrogen (secondary N) is 1. The van der Waals surface area contributed by atoms with E-state index in [1.807, 2.05) is 0 Å². The van der Waals surface area contributed by atoms with E-state index in [2.05, 4.69) is 5.32 Å². The summed E-state index contributed by atoms with van der Waals surface area (Å²) in [5, 5.41) is 2.89. The molecule has 2 aromatic carbocycles. The van der Waals surface area contributed by atoms with Gasteiger partial charge in [-0.1, -0.05) is 0 Å². The van der Waals surface area contributed by atoms with Crippen molar-refractivity contribution in [2.75, 3.05) is 37.1 Å². The minimum absolute atomic E-state index is 0.0652. The predicted octanol–water partition coefficient (Wildman–Crippen LogP) is 3.63. The van der Waals surface area contributed by atoms with Crippen molar-refractivity contribution >= 4 is 23.2 Å². The lowest BCUT2D eigenvalue weighted by molar-refractivity contribution is -0.117. The molecule has 2 saturated heterocycles. The molecule has 30 heavy (non-hydrogen) atoms. The number of methoxy groups -OCH3 is 1. The molecule has 2 amide bonds. The van der Waals surface area contributed by atoms with E-state index in [9.17, 15) is 9.59 Å². The second kappa shape index (κ2) is 9.17. The predicted molar refractivity (Wildman–Crippen MR) is 113 cm³/mol. The maximum Gasteiger partial charge on any atom is 0.255 e. The number of carbonyl (C=O) groups excluding carboxylic acids is 2. The van der Waals surface area contributed by atoms with E-state index in [1.165, 1.54) is 0 Å². The highest BCUT2D eigenvalue weighted by Crippen LogP contribution is 2.34. The van der Waals surface area contributed by atoms with Gasteiger partial charge in [-0.15, -0.1) is 0 Å². The van der Waals surface area contributed by atoms with Gasteiger partial charge in [0.15, 0.2) is 0 Å². The lowest BCUT2D eigenvalue weighted by atomic mass is 10.2. The van der Waals surface area contributed by atoms with Crippen molar-refractivity contribution < 1.29 is 23.8 Å². The molecular weight excluding hydrogens is 384 g/mol. The summed E-state index contributed by atoms with van der Waals surface area (Å²) in [6.07, 6.45) is 3.60. The molecule has 0 saturated carbocycles. The topological polar surface area (TPSA) is 77.1 Å². The van der Waals surface area contributed by atoms with E-state index in [0.29, 0.717) is 48.0 Å². The van der Waals surface area contributed by atoms with E-state index < -0.39 is 0 Å². The van der Waals surface area contributed by atoms with Crippen LogP contribution >= 0.6 is 0 Å². The number of ether oxygens (including phenoxy) is 3. The van der Waals surface area contributed by atoms with Gasteiger partial charge in [-0.25, -0.2) is 0 Å². The summed E-state index contributed by atoms with van der Waals surface area (Å²) in [6.45, 7) is 1.97. The van der Waals surface area contributed by atoms with Crippen LogP contribution in [0.3, 0.4) is 0 Å². The quantitative estimate of drug-likeness (QED) is 0.754. The fraction of sp³-hybridized carbons (Fsp3) is 0.391. The summed E-state index contributed by atoms with van der Waals surface area (Å²) in [5.74, 6) is 1.15. The van der Waals surface area contributed by atoms with Gasteiger partial charge in [0.25, 0.3) is 5.91 Å². The number of anilines is 2. The lowest BCUT2D eigenvalue weighted by Gasteiger charge is -2.20. The Morgan fingerprint density at radius 1 is 1.20 bits per heavy atom. The normalized spacial score (nSPS) is 18.5. The van der Waals surface area contributed by atoms with E-state index >= 15 is 0 Å². The number of rotatable bonds is 7. The van der Waals surface area contributed by atoms with Crippen LogP contribution in [0.2, 0.25) is 0 Å². The Morgan fingerprint density at radius 3 is 2.70 bits per heavy atom. The van der Waals surface area contributed by atoms with E-state index in [4.69, 9.17) is 14.2 Å². The zero-order valence-electron chi connectivity index (χ0n) is 17.1. The van der Waals surface area contributed by atoms with Gasteiger partial charge in [-0.05, 0) is 61.7 Å². The van der Waals surface area contributed by atoms with Crippen LogP contribution in [0.25, 0.3) is 0 Å². The summed E-state index contributed by atoms with van der Waals surface area (Å²) in [5.41, 5.74) is 1.80. The Kier molecular flexibility index (Phi) is 6.18. The number of hydrogen-bond acceptors (Lipinski definition) is 5. The molecule has 0 spiro atoms. The third kappa shape index (κ3) is 4.57. The Labute approximate surface area is 175 Å². The highest BCUT2D eigenvalue weighted by atomic mass is 16.5. The van der Waals surface area contributed by atoms with Crippen molar-refractivity contribution in [3.05, 3.63) is 48.0 Å². The first-order chi connectivity index (χ1) is 14.6. The van der Waals surface area contributed by atoms with Gasteiger partial charge in [0.1, 0.15) is 18.1 Å². The Balaban J connectivity index is 1.41. The van der Waals surface area contributed by atoms with Gasteiger partial charge in [-0.2, -0.15) is 0 Å². The van der Waals surface area contributed by atoms with Gasteiger partial charge >= 0.3 is 0 Å². The van der Waals surface area contributed by atoms with Crippen LogP contribution in [0.15, 0.2) is 42.5 Å². The van der Waals surface area contributed by atoms with Gasteiger partial charge in [0, 0.05) is 30.8 Å². The molecule has 0 radical (unpaired) electrons. The highest BCUT2D eigenvalue weighted by Gasteiger charge is 2.25. The van der Waals surface area contributed by atoms with Gasteiger partial charge in [0.05, 0.1) is 18.9 Å². The van der Waals surface area contributed by atoms with Crippen LogP contribution in [0.4, 0.5) is 11.4 Å². The van der Waals surface area contributed by atoms with Crippen molar-refractivity contribution in [2.24, 2.45) is 0 Å². The molecule has 4 rings (SSSR count). The highest BCUT2D eigenvalue weighted by molar-refractivity contribution is 6.05. The Hall–Kier alpha value is -3.06. The third-order valence-electron chi connectivity index (χ3n) is 5.38. The maximum absolute atomic E-state index is 12.7. The fourth-order valence-electron chi connectivity index (χ4n) is 3.75. The summed E-state index contributed by atoms with van der Waals surface area (Å²) in [6, 6.07) is 12.3. The summed E-state index contributed by atoms with van der Waals surface area (Å²) in [4.78, 5) is 26.5. The minimum Gasteiger partial charge on any atom is -0.495 e. The second-order valence-electron chi connectivity index (χ2n) is 7.46. The van der Waals surface area contributed by atoms with Crippen molar-refractivity contribution in [3.8, 4) is 11.5 Å². The molecule has 0 aliphatic carbocycles. The second-order valence-corrected chi connectivity index (χ2v) is 7.46. The standard InChI is InChI=1S/C23H26N2O5/c1-28-21-11-8-17(14-20(21)25-12-2-5-22(25)26)24-23(27)16-6-9-18(10-7-16)30-15-19-4-3-13-29-19/h6-11,14,19H,2-5,12-13,15H2,1H3,(H,24,27). The van der Waals surface area contributed by atoms with Crippen LogP contribution in [0.1, 0.15) is 36.0 Å². The smallest absolute Gasteiger partial charge is 0.255 e. The molecule has 1 unspecified atom stereocenters. The summed E-state index contributed by atoms with van der Waals surface area (Å²) in [7, 11) is 1.57. The molecular formula is C23H26N2O5. The molecule has 2 aliphatic heterocycles. The van der Waals surface area contributed by atoms with Gasteiger partial charge in [0.2, 0.25) is 5.91 Å². The fourth-order valence-corrected chi connectivity index (χ4v) is 3.75.